The molecule has 1 fully saturated rings. The molecule has 0 bridgehead atoms. The van der Waals surface area contributed by atoms with Gasteiger partial charge in [0, 0.05) is 24.7 Å². The predicted octanol–water partition coefficient (Wildman–Crippen LogP) is 4.46. The van der Waals surface area contributed by atoms with Gasteiger partial charge in [0.1, 0.15) is 0 Å². The van der Waals surface area contributed by atoms with Crippen molar-refractivity contribution in [1.82, 2.24) is 5.32 Å². The molecule has 100 valence electrons. The van der Waals surface area contributed by atoms with E-state index >= 15 is 0 Å². The molecule has 4 heteroatoms. The number of benzene rings is 1. The van der Waals surface area contributed by atoms with Crippen molar-refractivity contribution in [3.8, 4) is 0 Å². The predicted molar refractivity (Wildman–Crippen MR) is 79.7 cm³/mol. The van der Waals surface area contributed by atoms with Gasteiger partial charge in [-0.15, -0.1) is 0 Å². The summed E-state index contributed by atoms with van der Waals surface area (Å²) in [6.45, 7) is 0.821. The zero-order chi connectivity index (χ0) is 13.0. The molecule has 1 aliphatic rings. The molecule has 0 saturated heterocycles. The van der Waals surface area contributed by atoms with E-state index in [2.05, 4.69) is 10.6 Å². The second kappa shape index (κ2) is 6.65. The Bertz CT molecular complexity index is 401. The molecular weight excluding hydrogens is 267 g/mol. The van der Waals surface area contributed by atoms with Gasteiger partial charge < -0.3 is 10.6 Å². The molecule has 0 heterocycles. The topological polar surface area (TPSA) is 24.1 Å². The molecule has 2 nitrogen and oxygen atoms in total. The Kier molecular flexibility index (Phi) is 5.16. The van der Waals surface area contributed by atoms with E-state index in [-0.39, 0.29) is 0 Å². The van der Waals surface area contributed by atoms with E-state index in [9.17, 15) is 0 Å². The van der Waals surface area contributed by atoms with E-state index in [1.165, 1.54) is 32.1 Å². The Morgan fingerprint density at radius 2 is 1.89 bits per heavy atom. The van der Waals surface area contributed by atoms with Crippen LogP contribution < -0.4 is 10.6 Å². The maximum Gasteiger partial charge on any atom is 0.0655 e. The lowest BCUT2D eigenvalue weighted by atomic mass is 9.95. The molecular formula is C14H20Cl2N2. The summed E-state index contributed by atoms with van der Waals surface area (Å²) in [5, 5.41) is 8.14. The Labute approximate surface area is 119 Å². The van der Waals surface area contributed by atoms with Crippen LogP contribution in [0.3, 0.4) is 0 Å². The summed E-state index contributed by atoms with van der Waals surface area (Å²) >= 11 is 12.2. The number of hydrogen-bond acceptors (Lipinski definition) is 2. The molecule has 1 aliphatic carbocycles. The van der Waals surface area contributed by atoms with Crippen LogP contribution in [0.1, 0.15) is 37.7 Å². The molecule has 0 aromatic heterocycles. The van der Waals surface area contributed by atoms with Crippen molar-refractivity contribution < 1.29 is 0 Å². The van der Waals surface area contributed by atoms with Gasteiger partial charge in [0.05, 0.1) is 10.7 Å². The maximum atomic E-state index is 6.18. The Hall–Kier alpha value is -0.440. The SMILES string of the molecule is CNc1c(Cl)cc(Cl)cc1CNC1CCCCC1. The van der Waals surface area contributed by atoms with Crippen LogP contribution in [-0.2, 0) is 6.54 Å². The third-order valence-corrected chi connectivity index (χ3v) is 4.09. The van der Waals surface area contributed by atoms with E-state index in [0.717, 1.165) is 17.8 Å². The van der Waals surface area contributed by atoms with Crippen molar-refractivity contribution in [3.63, 3.8) is 0 Å². The number of hydrogen-bond donors (Lipinski definition) is 2. The van der Waals surface area contributed by atoms with Crippen LogP contribution in [0.4, 0.5) is 5.69 Å². The fourth-order valence-corrected chi connectivity index (χ4v) is 3.24. The van der Waals surface area contributed by atoms with Gasteiger partial charge in [-0.25, -0.2) is 0 Å². The zero-order valence-corrected chi connectivity index (χ0v) is 12.2. The third kappa shape index (κ3) is 3.53. The highest BCUT2D eigenvalue weighted by Crippen LogP contribution is 2.30. The molecule has 0 radical (unpaired) electrons. The van der Waals surface area contributed by atoms with E-state index in [0.29, 0.717) is 16.1 Å². The second-order valence-corrected chi connectivity index (χ2v) is 5.73. The van der Waals surface area contributed by atoms with Crippen molar-refractivity contribution in [2.75, 3.05) is 12.4 Å². The van der Waals surface area contributed by atoms with Gasteiger partial charge in [0.2, 0.25) is 0 Å². The molecule has 1 aromatic carbocycles. The van der Waals surface area contributed by atoms with Gasteiger partial charge in [-0.2, -0.15) is 0 Å². The maximum absolute atomic E-state index is 6.18. The lowest BCUT2D eigenvalue weighted by Gasteiger charge is -2.23. The molecule has 0 amide bonds. The summed E-state index contributed by atoms with van der Waals surface area (Å²) in [6.07, 6.45) is 6.62. The first-order valence-corrected chi connectivity index (χ1v) is 7.35. The number of rotatable bonds is 4. The van der Waals surface area contributed by atoms with Crippen molar-refractivity contribution >= 4 is 28.9 Å². The summed E-state index contributed by atoms with van der Waals surface area (Å²) in [4.78, 5) is 0. The van der Waals surface area contributed by atoms with Crippen LogP contribution in [0.5, 0.6) is 0 Å². The highest BCUT2D eigenvalue weighted by Gasteiger charge is 2.14. The number of halogens is 2. The van der Waals surface area contributed by atoms with Crippen molar-refractivity contribution in [1.29, 1.82) is 0 Å². The normalized spacial score (nSPS) is 16.8. The van der Waals surface area contributed by atoms with Gasteiger partial charge in [-0.3, -0.25) is 0 Å². The van der Waals surface area contributed by atoms with E-state index < -0.39 is 0 Å². The number of anilines is 1. The first kappa shape index (κ1) is 14.0. The minimum absolute atomic E-state index is 0.640. The molecule has 0 unspecified atom stereocenters. The van der Waals surface area contributed by atoms with E-state index in [4.69, 9.17) is 23.2 Å². The molecule has 1 saturated carbocycles. The summed E-state index contributed by atoms with van der Waals surface area (Å²) in [5.74, 6) is 0. The van der Waals surface area contributed by atoms with Crippen LogP contribution in [-0.4, -0.2) is 13.1 Å². The highest BCUT2D eigenvalue weighted by molar-refractivity contribution is 6.36. The number of nitrogens with one attached hydrogen (secondary N) is 2. The third-order valence-electron chi connectivity index (χ3n) is 3.57. The summed E-state index contributed by atoms with van der Waals surface area (Å²) in [6, 6.07) is 4.40. The smallest absolute Gasteiger partial charge is 0.0655 e. The molecule has 0 aliphatic heterocycles. The monoisotopic (exact) mass is 286 g/mol. The fourth-order valence-electron chi connectivity index (χ4n) is 2.61. The van der Waals surface area contributed by atoms with Crippen LogP contribution in [0.15, 0.2) is 12.1 Å². The van der Waals surface area contributed by atoms with Crippen LogP contribution >= 0.6 is 23.2 Å². The highest BCUT2D eigenvalue weighted by atomic mass is 35.5. The molecule has 1 aromatic rings. The first-order valence-electron chi connectivity index (χ1n) is 6.59. The van der Waals surface area contributed by atoms with E-state index in [1.54, 1.807) is 6.07 Å². The minimum atomic E-state index is 0.640. The van der Waals surface area contributed by atoms with Crippen LogP contribution in [0, 0.1) is 0 Å². The van der Waals surface area contributed by atoms with Gasteiger partial charge in [0.25, 0.3) is 0 Å². The zero-order valence-electron chi connectivity index (χ0n) is 10.7. The van der Waals surface area contributed by atoms with Gasteiger partial charge in [-0.1, -0.05) is 42.5 Å². The van der Waals surface area contributed by atoms with Crippen LogP contribution in [0.2, 0.25) is 10.0 Å². The van der Waals surface area contributed by atoms with Gasteiger partial charge in [-0.05, 0) is 30.5 Å². The Balaban J connectivity index is 2.03. The Morgan fingerprint density at radius 3 is 2.56 bits per heavy atom. The minimum Gasteiger partial charge on any atom is -0.387 e. The molecule has 0 spiro atoms. The van der Waals surface area contributed by atoms with Crippen molar-refractivity contribution in [3.05, 3.63) is 27.7 Å². The molecule has 2 N–H and O–H groups in total. The molecule has 2 rings (SSSR count). The van der Waals surface area contributed by atoms with E-state index in [1.807, 2.05) is 13.1 Å². The molecule has 0 atom stereocenters. The first-order chi connectivity index (χ1) is 8.70. The average Bonchev–Trinajstić information content (AvgIpc) is 2.37. The van der Waals surface area contributed by atoms with Crippen molar-refractivity contribution in [2.24, 2.45) is 0 Å². The second-order valence-electron chi connectivity index (χ2n) is 4.89. The summed E-state index contributed by atoms with van der Waals surface area (Å²) in [7, 11) is 1.89. The van der Waals surface area contributed by atoms with Crippen molar-refractivity contribution in [2.45, 2.75) is 44.7 Å². The summed E-state index contributed by atoms with van der Waals surface area (Å²) in [5.41, 5.74) is 2.12. The molecule has 18 heavy (non-hydrogen) atoms. The largest absolute Gasteiger partial charge is 0.387 e. The lowest BCUT2D eigenvalue weighted by molar-refractivity contribution is 0.372. The van der Waals surface area contributed by atoms with Crippen LogP contribution in [0.25, 0.3) is 0 Å². The van der Waals surface area contributed by atoms with Gasteiger partial charge >= 0.3 is 0 Å². The van der Waals surface area contributed by atoms with Gasteiger partial charge in [0.15, 0.2) is 0 Å². The Morgan fingerprint density at radius 1 is 1.17 bits per heavy atom. The lowest BCUT2D eigenvalue weighted by Crippen LogP contribution is -2.30. The quantitative estimate of drug-likeness (QED) is 0.854. The average molecular weight is 287 g/mol. The summed E-state index contributed by atoms with van der Waals surface area (Å²) < 4.78 is 0. The standard InChI is InChI=1S/C14H20Cl2N2/c1-17-14-10(7-11(15)8-13(14)16)9-18-12-5-3-2-4-6-12/h7-8,12,17-18H,2-6,9H2,1H3. The fraction of sp³-hybridized carbons (Fsp3) is 0.571.